The van der Waals surface area contributed by atoms with Crippen LogP contribution >= 0.6 is 0 Å². The van der Waals surface area contributed by atoms with E-state index in [1.807, 2.05) is 0 Å². The van der Waals surface area contributed by atoms with Crippen LogP contribution in [0, 0.1) is 0 Å². The Morgan fingerprint density at radius 1 is 0.579 bits per heavy atom. The van der Waals surface area contributed by atoms with E-state index in [9.17, 15) is 25.2 Å². The Morgan fingerprint density at radius 3 is 1.61 bits per heavy atom. The summed E-state index contributed by atoms with van der Waals surface area (Å²) in [6, 6.07) is 0. The summed E-state index contributed by atoms with van der Waals surface area (Å²) in [5.74, 6) is -0.333. The fourth-order valence-electron chi connectivity index (χ4n) is 6.12. The summed E-state index contributed by atoms with van der Waals surface area (Å²) in [4.78, 5) is 12.7. The van der Waals surface area contributed by atoms with Crippen LogP contribution in [0.15, 0.2) is 85.1 Å². The van der Waals surface area contributed by atoms with E-state index in [4.69, 9.17) is 18.9 Å². The molecule has 0 aromatic rings. The van der Waals surface area contributed by atoms with E-state index in [-0.39, 0.29) is 19.2 Å². The number of carbonyl (C=O) groups is 1. The molecule has 1 heterocycles. The van der Waals surface area contributed by atoms with Crippen LogP contribution in [0.5, 0.6) is 0 Å². The highest BCUT2D eigenvalue weighted by atomic mass is 16.7. The van der Waals surface area contributed by atoms with Gasteiger partial charge in [-0.15, -0.1) is 0 Å². The maximum absolute atomic E-state index is 12.7. The average Bonchev–Trinajstić information content (AvgIpc) is 3.21. The van der Waals surface area contributed by atoms with E-state index in [1.54, 1.807) is 0 Å². The lowest BCUT2D eigenvalue weighted by Crippen LogP contribution is -2.59. The molecule has 1 saturated heterocycles. The fourth-order valence-corrected chi connectivity index (χ4v) is 6.12. The predicted octanol–water partition coefficient (Wildman–Crippen LogP) is 9.86. The molecule has 57 heavy (non-hydrogen) atoms. The van der Waals surface area contributed by atoms with Crippen molar-refractivity contribution in [2.75, 3.05) is 26.4 Å². The topological polar surface area (TPSA) is 135 Å². The number of unbranched alkanes of at least 4 members (excludes halogenated alkanes) is 11. The summed E-state index contributed by atoms with van der Waals surface area (Å²) in [6.07, 6.45) is 44.9. The summed E-state index contributed by atoms with van der Waals surface area (Å²) in [7, 11) is 0. The van der Waals surface area contributed by atoms with E-state index in [0.717, 1.165) is 96.3 Å². The first-order chi connectivity index (χ1) is 27.9. The van der Waals surface area contributed by atoms with Crippen molar-refractivity contribution in [2.45, 2.75) is 185 Å². The minimum atomic E-state index is -1.54. The molecule has 326 valence electrons. The van der Waals surface area contributed by atoms with Gasteiger partial charge in [-0.3, -0.25) is 4.79 Å². The van der Waals surface area contributed by atoms with Gasteiger partial charge in [-0.25, -0.2) is 0 Å². The SMILES string of the molecule is CC/C=C\C/C=C\C/C=C\C/C=C\C/C=C\C/C=C\C/C=C\CCCCCCOCC(COC1OC(CO)C(O)C(O)C1O)OC(=O)CCCCCCCCCC. The van der Waals surface area contributed by atoms with Gasteiger partial charge in [0.1, 0.15) is 30.5 Å². The third kappa shape index (κ3) is 30.1. The second-order valence-electron chi connectivity index (χ2n) is 14.8. The van der Waals surface area contributed by atoms with Gasteiger partial charge in [-0.05, 0) is 70.6 Å². The molecule has 0 bridgehead atoms. The second-order valence-corrected chi connectivity index (χ2v) is 14.8. The molecular formula is C48H80O9. The molecule has 6 unspecified atom stereocenters. The smallest absolute Gasteiger partial charge is 0.306 e. The Morgan fingerprint density at radius 2 is 1.07 bits per heavy atom. The van der Waals surface area contributed by atoms with Crippen LogP contribution in [0.4, 0.5) is 0 Å². The number of rotatable bonds is 36. The normalized spacial score (nSPS) is 21.3. The largest absolute Gasteiger partial charge is 0.457 e. The molecule has 9 heteroatoms. The van der Waals surface area contributed by atoms with Crippen LogP contribution < -0.4 is 0 Å². The summed E-state index contributed by atoms with van der Waals surface area (Å²) < 4.78 is 22.7. The number of aliphatic hydroxyl groups is 4. The Bertz CT molecular complexity index is 1140. The summed E-state index contributed by atoms with van der Waals surface area (Å²) in [6.45, 7) is 4.32. The van der Waals surface area contributed by atoms with Gasteiger partial charge < -0.3 is 39.4 Å². The van der Waals surface area contributed by atoms with Crippen LogP contribution in [0.25, 0.3) is 0 Å². The molecular weight excluding hydrogens is 721 g/mol. The molecule has 0 saturated carbocycles. The van der Waals surface area contributed by atoms with Gasteiger partial charge in [-0.1, -0.05) is 157 Å². The van der Waals surface area contributed by atoms with Crippen molar-refractivity contribution in [3.63, 3.8) is 0 Å². The monoisotopic (exact) mass is 801 g/mol. The van der Waals surface area contributed by atoms with Crippen LogP contribution in [0.3, 0.4) is 0 Å². The molecule has 0 aromatic heterocycles. The van der Waals surface area contributed by atoms with Gasteiger partial charge in [0.25, 0.3) is 0 Å². The molecule has 9 nitrogen and oxygen atoms in total. The number of carbonyl (C=O) groups excluding carboxylic acids is 1. The van der Waals surface area contributed by atoms with E-state index in [2.05, 4.69) is 98.9 Å². The second kappa shape index (κ2) is 38.9. The van der Waals surface area contributed by atoms with Crippen molar-refractivity contribution in [1.82, 2.24) is 0 Å². The van der Waals surface area contributed by atoms with Gasteiger partial charge >= 0.3 is 5.97 Å². The minimum Gasteiger partial charge on any atom is -0.457 e. The first-order valence-corrected chi connectivity index (χ1v) is 22.2. The summed E-state index contributed by atoms with van der Waals surface area (Å²) >= 11 is 0. The minimum absolute atomic E-state index is 0.123. The molecule has 1 rings (SSSR count). The number of hydrogen-bond donors (Lipinski definition) is 4. The van der Waals surface area contributed by atoms with E-state index >= 15 is 0 Å². The maximum Gasteiger partial charge on any atom is 0.306 e. The van der Waals surface area contributed by atoms with Crippen LogP contribution in [-0.4, -0.2) is 89.6 Å². The van der Waals surface area contributed by atoms with Gasteiger partial charge in [0.05, 0.1) is 19.8 Å². The van der Waals surface area contributed by atoms with Crippen molar-refractivity contribution < 1.29 is 44.2 Å². The number of esters is 1. The molecule has 0 aliphatic carbocycles. The quantitative estimate of drug-likeness (QED) is 0.0278. The number of aliphatic hydroxyl groups excluding tert-OH is 4. The predicted molar refractivity (Wildman–Crippen MR) is 233 cm³/mol. The highest BCUT2D eigenvalue weighted by molar-refractivity contribution is 5.69. The highest BCUT2D eigenvalue weighted by Crippen LogP contribution is 2.22. The number of hydrogen-bond acceptors (Lipinski definition) is 9. The molecule has 0 amide bonds. The van der Waals surface area contributed by atoms with Gasteiger partial charge in [0, 0.05) is 13.0 Å². The number of ether oxygens (including phenoxy) is 4. The summed E-state index contributed by atoms with van der Waals surface area (Å²) in [5, 5.41) is 40.0. The van der Waals surface area contributed by atoms with E-state index in [0.29, 0.717) is 13.0 Å². The first kappa shape index (κ1) is 52.4. The van der Waals surface area contributed by atoms with Crippen LogP contribution in [0.1, 0.15) is 149 Å². The number of allylic oxidation sites excluding steroid dienone is 14. The van der Waals surface area contributed by atoms with Crippen LogP contribution in [-0.2, 0) is 23.7 Å². The van der Waals surface area contributed by atoms with E-state index < -0.39 is 43.4 Å². The van der Waals surface area contributed by atoms with Crippen molar-refractivity contribution in [1.29, 1.82) is 0 Å². The standard InChI is InChI=1S/C48H80O9/c1-3-5-7-9-11-13-14-15-16-17-18-19-20-21-22-23-24-25-26-27-28-29-30-32-34-36-38-54-40-42(56-44(50)37-35-33-31-12-10-8-6-4-2)41-55-48-47(53)46(52)45(51)43(39-49)57-48/h5,7,11,13,15-16,18-19,21-22,24-25,27-28,42-43,45-49,51-53H,3-4,6,8-10,12,14,17,20,23,26,29-41H2,1-2H3/b7-5-,13-11-,16-15-,19-18-,22-21-,25-24-,28-27-. The van der Waals surface area contributed by atoms with Gasteiger partial charge in [0.15, 0.2) is 6.29 Å². The first-order valence-electron chi connectivity index (χ1n) is 22.2. The maximum atomic E-state index is 12.7. The summed E-state index contributed by atoms with van der Waals surface area (Å²) in [5.41, 5.74) is 0. The van der Waals surface area contributed by atoms with Gasteiger partial charge in [0.2, 0.25) is 0 Å². The lowest BCUT2D eigenvalue weighted by Gasteiger charge is -2.39. The van der Waals surface area contributed by atoms with Crippen molar-refractivity contribution in [3.8, 4) is 0 Å². The molecule has 0 spiro atoms. The molecule has 4 N–H and O–H groups in total. The lowest BCUT2D eigenvalue weighted by molar-refractivity contribution is -0.305. The fraction of sp³-hybridized carbons (Fsp3) is 0.688. The molecule has 1 fully saturated rings. The van der Waals surface area contributed by atoms with Crippen molar-refractivity contribution in [3.05, 3.63) is 85.1 Å². The molecule has 1 aliphatic heterocycles. The Balaban J connectivity index is 2.22. The zero-order valence-corrected chi connectivity index (χ0v) is 35.6. The lowest BCUT2D eigenvalue weighted by atomic mass is 9.99. The molecule has 0 aromatic carbocycles. The molecule has 1 aliphatic rings. The van der Waals surface area contributed by atoms with Gasteiger partial charge in [-0.2, -0.15) is 0 Å². The Labute approximate surface area is 346 Å². The average molecular weight is 801 g/mol. The molecule has 6 atom stereocenters. The molecule has 0 radical (unpaired) electrons. The van der Waals surface area contributed by atoms with Crippen LogP contribution in [0.2, 0.25) is 0 Å². The third-order valence-electron chi connectivity index (χ3n) is 9.58. The Kier molecular flexibility index (Phi) is 35.7. The highest BCUT2D eigenvalue weighted by Gasteiger charge is 2.44. The van der Waals surface area contributed by atoms with Crippen molar-refractivity contribution in [2.24, 2.45) is 0 Å². The Hall–Kier alpha value is -2.63. The van der Waals surface area contributed by atoms with E-state index in [1.165, 1.54) is 32.1 Å². The zero-order valence-electron chi connectivity index (χ0n) is 35.6. The van der Waals surface area contributed by atoms with Crippen molar-refractivity contribution >= 4 is 5.97 Å². The third-order valence-corrected chi connectivity index (χ3v) is 9.58. The zero-order chi connectivity index (χ0) is 41.4.